The fourth-order valence-electron chi connectivity index (χ4n) is 2.45. The Bertz CT molecular complexity index is 401. The molecule has 1 saturated carbocycles. The van der Waals surface area contributed by atoms with Crippen molar-refractivity contribution < 1.29 is 19.8 Å². The van der Waals surface area contributed by atoms with E-state index < -0.39 is 0 Å². The molecule has 2 rings (SSSR count). The minimum atomic E-state index is -0.354. The summed E-state index contributed by atoms with van der Waals surface area (Å²) < 4.78 is 19.1. The van der Waals surface area contributed by atoms with Crippen molar-refractivity contribution in [1.29, 1.82) is 0 Å². The minimum Gasteiger partial charge on any atom is -0.482 e. The smallest absolute Gasteiger partial charge is 0.204 e. The summed E-state index contributed by atoms with van der Waals surface area (Å²) in [4.78, 5) is 0. The summed E-state index contributed by atoms with van der Waals surface area (Å²) >= 11 is 0. The molecule has 0 saturated heterocycles. The van der Waals surface area contributed by atoms with E-state index in [-0.39, 0.29) is 18.0 Å². The van der Waals surface area contributed by atoms with Crippen LogP contribution < -0.4 is 15.5 Å². The second kappa shape index (κ2) is 6.13. The van der Waals surface area contributed by atoms with Gasteiger partial charge in [-0.15, -0.1) is 0 Å². The number of ether oxygens (including phenoxy) is 1. The Kier molecular flexibility index (Phi) is 4.52. The van der Waals surface area contributed by atoms with E-state index in [2.05, 4.69) is 5.32 Å². The Labute approximate surface area is 106 Å². The van der Waals surface area contributed by atoms with Crippen molar-refractivity contribution in [2.75, 3.05) is 7.05 Å². The first-order valence-corrected chi connectivity index (χ1v) is 6.35. The molecule has 0 heterocycles. The van der Waals surface area contributed by atoms with Crippen LogP contribution in [-0.2, 0) is 0 Å². The Morgan fingerprint density at radius 3 is 2.89 bits per heavy atom. The molecule has 1 aromatic rings. The van der Waals surface area contributed by atoms with Gasteiger partial charge < -0.3 is 10.1 Å². The van der Waals surface area contributed by atoms with Gasteiger partial charge in [0.1, 0.15) is 11.9 Å². The summed E-state index contributed by atoms with van der Waals surface area (Å²) in [6.07, 6.45) is 4.36. The first-order chi connectivity index (χ1) is 8.74. The lowest BCUT2D eigenvalue weighted by Crippen LogP contribution is -2.73. The predicted molar refractivity (Wildman–Crippen MR) is 65.5 cm³/mol. The van der Waals surface area contributed by atoms with Crippen LogP contribution in [-0.4, -0.2) is 24.4 Å². The van der Waals surface area contributed by atoms with Crippen molar-refractivity contribution in [1.82, 2.24) is 5.32 Å². The molecule has 1 aliphatic carbocycles. The van der Waals surface area contributed by atoms with Crippen molar-refractivity contribution in [3.8, 4) is 5.75 Å². The number of benzene rings is 1. The monoisotopic (exact) mass is 255 g/mol. The van der Waals surface area contributed by atoms with Gasteiger partial charge in [0.05, 0.1) is 0 Å². The van der Waals surface area contributed by atoms with Crippen LogP contribution in [0.25, 0.3) is 0 Å². The van der Waals surface area contributed by atoms with Gasteiger partial charge in [-0.2, -0.15) is 5.48 Å². The average Bonchev–Trinajstić information content (AvgIpc) is 2.40. The zero-order valence-electron chi connectivity index (χ0n) is 10.5. The first kappa shape index (κ1) is 13.3. The summed E-state index contributed by atoms with van der Waals surface area (Å²) in [5.74, 6) is 0.0528. The van der Waals surface area contributed by atoms with Crippen molar-refractivity contribution in [2.45, 2.75) is 37.8 Å². The van der Waals surface area contributed by atoms with E-state index >= 15 is 0 Å². The van der Waals surface area contributed by atoms with E-state index in [1.807, 2.05) is 7.05 Å². The molecule has 0 aliphatic heterocycles. The highest BCUT2D eigenvalue weighted by atomic mass is 19.1. The molecule has 18 heavy (non-hydrogen) atoms. The van der Waals surface area contributed by atoms with Gasteiger partial charge in [-0.25, -0.2) is 9.60 Å². The third-order valence-corrected chi connectivity index (χ3v) is 3.47. The maximum Gasteiger partial charge on any atom is 0.204 e. The number of hydrogen-bond donors (Lipinski definition) is 3. The molecule has 0 aromatic heterocycles. The Morgan fingerprint density at radius 1 is 1.39 bits per heavy atom. The lowest BCUT2D eigenvalue weighted by Gasteiger charge is -2.31. The van der Waals surface area contributed by atoms with E-state index in [0.29, 0.717) is 11.4 Å². The van der Waals surface area contributed by atoms with E-state index in [1.165, 1.54) is 24.6 Å². The van der Waals surface area contributed by atoms with Gasteiger partial charge in [-0.1, -0.05) is 6.42 Å². The maximum absolute atomic E-state index is 13.2. The molecule has 4 nitrogen and oxygen atoms in total. The Balaban J connectivity index is 2.14. The van der Waals surface area contributed by atoms with E-state index in [1.54, 1.807) is 0 Å². The molecule has 4 N–H and O–H groups in total. The van der Waals surface area contributed by atoms with Gasteiger partial charge in [-0.3, -0.25) is 0 Å². The number of likely N-dealkylation sites (N-methyl/N-ethyl adjacent to an activating group) is 1. The van der Waals surface area contributed by atoms with Crippen LogP contribution in [0.15, 0.2) is 18.2 Å². The number of nitrogens with one attached hydrogen (secondary N) is 1. The predicted octanol–water partition coefficient (Wildman–Crippen LogP) is 1.32. The highest BCUT2D eigenvalue weighted by molar-refractivity contribution is 5.45. The molecule has 5 heteroatoms. The van der Waals surface area contributed by atoms with Gasteiger partial charge in [0.2, 0.25) is 5.69 Å². The third-order valence-electron chi connectivity index (χ3n) is 3.47. The van der Waals surface area contributed by atoms with Gasteiger partial charge >= 0.3 is 0 Å². The minimum absolute atomic E-state index is 0.0317. The van der Waals surface area contributed by atoms with E-state index in [9.17, 15) is 4.39 Å². The molecule has 1 unspecified atom stereocenters. The highest BCUT2D eigenvalue weighted by Crippen LogP contribution is 2.27. The molecule has 2 atom stereocenters. The van der Waals surface area contributed by atoms with Crippen LogP contribution in [0.4, 0.5) is 10.1 Å². The third kappa shape index (κ3) is 2.98. The molecular weight excluding hydrogens is 235 g/mol. The lowest BCUT2D eigenvalue weighted by molar-refractivity contribution is -0.826. The molecule has 0 spiro atoms. The van der Waals surface area contributed by atoms with Crippen LogP contribution in [0.5, 0.6) is 5.75 Å². The van der Waals surface area contributed by atoms with Gasteiger partial charge in [0.25, 0.3) is 0 Å². The van der Waals surface area contributed by atoms with Crippen LogP contribution in [0.2, 0.25) is 0 Å². The van der Waals surface area contributed by atoms with E-state index in [4.69, 9.17) is 9.94 Å². The zero-order chi connectivity index (χ0) is 13.0. The number of hydrogen-bond acceptors (Lipinski definition) is 3. The largest absolute Gasteiger partial charge is 0.482 e. The quantitative estimate of drug-likeness (QED) is 0.562. The standard InChI is InChI=1S/C13H19FN2O2/c1-15-10-4-2-3-5-12(10)18-13-8-9(14)6-7-11(13)16-17/h6-8,10,12,15-17H,2-5H2,1H3/p+1/t10-,12?/m1/s1. The van der Waals surface area contributed by atoms with Crippen LogP contribution in [0, 0.1) is 5.82 Å². The number of rotatable bonds is 4. The van der Waals surface area contributed by atoms with E-state index in [0.717, 1.165) is 24.7 Å². The molecule has 1 aromatic carbocycles. The first-order valence-electron chi connectivity index (χ1n) is 6.35. The summed E-state index contributed by atoms with van der Waals surface area (Å²) in [7, 11) is 1.91. The summed E-state index contributed by atoms with van der Waals surface area (Å²) in [5.41, 5.74) is 1.46. The fourth-order valence-corrected chi connectivity index (χ4v) is 2.45. The number of halogens is 1. The maximum atomic E-state index is 13.2. The second-order valence-electron chi connectivity index (χ2n) is 4.65. The zero-order valence-corrected chi connectivity index (χ0v) is 10.5. The summed E-state index contributed by atoms with van der Waals surface area (Å²) in [6.45, 7) is 0. The Morgan fingerprint density at radius 2 is 2.17 bits per heavy atom. The molecule has 1 fully saturated rings. The molecule has 1 aliphatic rings. The van der Waals surface area contributed by atoms with Gasteiger partial charge in [0, 0.05) is 18.2 Å². The highest BCUT2D eigenvalue weighted by Gasteiger charge is 2.26. The lowest BCUT2D eigenvalue weighted by atomic mass is 9.92. The molecular formula is C13H20FN2O2+. The number of quaternary nitrogens is 1. The molecule has 0 amide bonds. The van der Waals surface area contributed by atoms with Crippen molar-refractivity contribution in [3.63, 3.8) is 0 Å². The fraction of sp³-hybridized carbons (Fsp3) is 0.538. The average molecular weight is 255 g/mol. The molecule has 0 radical (unpaired) electrons. The molecule has 100 valence electrons. The van der Waals surface area contributed by atoms with Gasteiger partial charge in [0.15, 0.2) is 5.75 Å². The van der Waals surface area contributed by atoms with Crippen LogP contribution in [0.3, 0.4) is 0 Å². The summed E-state index contributed by atoms with van der Waals surface area (Å²) in [5, 5.41) is 12.4. The molecule has 0 bridgehead atoms. The van der Waals surface area contributed by atoms with Crippen molar-refractivity contribution in [2.24, 2.45) is 0 Å². The van der Waals surface area contributed by atoms with Crippen molar-refractivity contribution in [3.05, 3.63) is 24.0 Å². The number of nitrogens with two attached hydrogens (primary N) is 1. The summed E-state index contributed by atoms with van der Waals surface area (Å²) in [6, 6.07) is 4.44. The van der Waals surface area contributed by atoms with Crippen LogP contribution in [0.1, 0.15) is 25.7 Å². The van der Waals surface area contributed by atoms with Crippen molar-refractivity contribution >= 4 is 5.69 Å². The normalized spacial score (nSPS) is 23.9. The topological polar surface area (TPSA) is 58.1 Å². The SMILES string of the molecule is CN[C@@H]1CCCCC1Oc1cc(F)ccc1[NH2+]O. The van der Waals surface area contributed by atoms with Gasteiger partial charge in [-0.05, 0) is 32.4 Å². The van der Waals surface area contributed by atoms with Crippen LogP contribution >= 0.6 is 0 Å². The second-order valence-corrected chi connectivity index (χ2v) is 4.65. The Hall–Kier alpha value is -1.17.